The number of oxazole rings is 1. The second kappa shape index (κ2) is 7.02. The van der Waals surface area contributed by atoms with E-state index in [4.69, 9.17) is 9.15 Å². The molecule has 0 unspecified atom stereocenters. The topological polar surface area (TPSA) is 35.3 Å². The predicted octanol–water partition coefficient (Wildman–Crippen LogP) is 6.60. The Labute approximate surface area is 161 Å². The van der Waals surface area contributed by atoms with E-state index in [1.165, 1.54) is 5.56 Å². The molecule has 124 valence electrons. The molecule has 1 aromatic heterocycles. The van der Waals surface area contributed by atoms with E-state index >= 15 is 0 Å². The molecule has 0 saturated carbocycles. The molecule has 4 aromatic rings. The number of rotatable bonds is 1. The Bertz CT molecular complexity index is 1010. The Kier molecular flexibility index (Phi) is 4.59. The van der Waals surface area contributed by atoms with Crippen molar-refractivity contribution in [3.8, 4) is 17.2 Å². The van der Waals surface area contributed by atoms with Crippen LogP contribution in [0.2, 0.25) is 0 Å². The van der Waals surface area contributed by atoms with Crippen LogP contribution in [0.15, 0.2) is 80.1 Å². The van der Waals surface area contributed by atoms with Crippen molar-refractivity contribution in [1.82, 2.24) is 4.98 Å². The number of ether oxygens (including phenoxy) is 1. The lowest BCUT2D eigenvalue weighted by atomic mass is 10.1. The van der Waals surface area contributed by atoms with Gasteiger partial charge in [0.15, 0.2) is 5.58 Å². The summed E-state index contributed by atoms with van der Waals surface area (Å²) in [6, 6.07) is 21.7. The van der Waals surface area contributed by atoms with Gasteiger partial charge in [0, 0.05) is 20.1 Å². The number of hydrogen-bond acceptors (Lipinski definition) is 3. The van der Waals surface area contributed by atoms with Gasteiger partial charge >= 0.3 is 0 Å². The molecular weight excluding hydrogens is 446 g/mol. The normalized spacial score (nSPS) is 11.8. The number of aromatic nitrogens is 1. The molecular formula is C20H13Br2NO2. The summed E-state index contributed by atoms with van der Waals surface area (Å²) < 4.78 is 12.9. The quantitative estimate of drug-likeness (QED) is 0.322. The van der Waals surface area contributed by atoms with Crippen LogP contribution in [0.4, 0.5) is 0 Å². The van der Waals surface area contributed by atoms with Crippen LogP contribution < -0.4 is 4.74 Å². The summed E-state index contributed by atoms with van der Waals surface area (Å²) in [5, 5.41) is 0. The molecule has 0 spiro atoms. The SMILES string of the molecule is Brc1ccc2c(c1)CO2.Brc1cccc(-c2nc3ccccc3o2)c1. The van der Waals surface area contributed by atoms with Gasteiger partial charge in [0.2, 0.25) is 5.89 Å². The third-order valence-corrected chi connectivity index (χ3v) is 4.76. The molecule has 0 atom stereocenters. The van der Waals surface area contributed by atoms with Crippen LogP contribution >= 0.6 is 31.9 Å². The summed E-state index contributed by atoms with van der Waals surface area (Å²) in [5.41, 5.74) is 3.98. The molecule has 0 radical (unpaired) electrons. The van der Waals surface area contributed by atoms with Crippen molar-refractivity contribution in [2.75, 3.05) is 0 Å². The van der Waals surface area contributed by atoms with Gasteiger partial charge in [-0.1, -0.05) is 50.1 Å². The van der Waals surface area contributed by atoms with Crippen LogP contribution in [0.5, 0.6) is 5.75 Å². The fourth-order valence-corrected chi connectivity index (χ4v) is 3.30. The van der Waals surface area contributed by atoms with Crippen LogP contribution in [-0.2, 0) is 6.61 Å². The molecule has 5 heteroatoms. The first-order valence-electron chi connectivity index (χ1n) is 7.72. The van der Waals surface area contributed by atoms with E-state index in [1.54, 1.807) is 0 Å². The number of nitrogens with zero attached hydrogens (tertiary/aromatic N) is 1. The maximum absolute atomic E-state index is 5.68. The first-order valence-corrected chi connectivity index (χ1v) is 9.30. The maximum Gasteiger partial charge on any atom is 0.227 e. The monoisotopic (exact) mass is 457 g/mol. The van der Waals surface area contributed by atoms with Gasteiger partial charge in [0.1, 0.15) is 17.9 Å². The van der Waals surface area contributed by atoms with Crippen molar-refractivity contribution in [1.29, 1.82) is 0 Å². The predicted molar refractivity (Wildman–Crippen MR) is 106 cm³/mol. The highest BCUT2D eigenvalue weighted by Gasteiger charge is 2.13. The van der Waals surface area contributed by atoms with E-state index in [1.807, 2.05) is 60.7 Å². The van der Waals surface area contributed by atoms with Crippen LogP contribution in [0.1, 0.15) is 5.56 Å². The molecule has 1 aliphatic rings. The summed E-state index contributed by atoms with van der Waals surface area (Å²) in [6.45, 7) is 0.773. The minimum Gasteiger partial charge on any atom is -0.488 e. The molecule has 3 nitrogen and oxygen atoms in total. The van der Waals surface area contributed by atoms with Gasteiger partial charge in [-0.3, -0.25) is 0 Å². The molecule has 0 fully saturated rings. The molecule has 0 saturated heterocycles. The van der Waals surface area contributed by atoms with Gasteiger partial charge in [-0.15, -0.1) is 0 Å². The zero-order valence-electron chi connectivity index (χ0n) is 13.1. The zero-order valence-corrected chi connectivity index (χ0v) is 16.2. The number of halogens is 2. The van der Waals surface area contributed by atoms with E-state index < -0.39 is 0 Å². The Hall–Kier alpha value is -2.11. The smallest absolute Gasteiger partial charge is 0.227 e. The van der Waals surface area contributed by atoms with E-state index in [0.29, 0.717) is 5.89 Å². The summed E-state index contributed by atoms with van der Waals surface area (Å²) >= 11 is 6.81. The van der Waals surface area contributed by atoms with Crippen LogP contribution in [0, 0.1) is 0 Å². The summed E-state index contributed by atoms with van der Waals surface area (Å²) in [6.07, 6.45) is 0. The van der Waals surface area contributed by atoms with Crippen molar-refractivity contribution in [2.24, 2.45) is 0 Å². The van der Waals surface area contributed by atoms with Crippen LogP contribution in [0.3, 0.4) is 0 Å². The molecule has 0 aliphatic carbocycles. The second-order valence-electron chi connectivity index (χ2n) is 5.54. The summed E-state index contributed by atoms with van der Waals surface area (Å²) in [4.78, 5) is 4.44. The van der Waals surface area contributed by atoms with Crippen molar-refractivity contribution in [2.45, 2.75) is 6.61 Å². The van der Waals surface area contributed by atoms with E-state index in [2.05, 4.69) is 42.9 Å². The van der Waals surface area contributed by atoms with Gasteiger partial charge in [-0.05, 0) is 48.5 Å². The zero-order chi connectivity index (χ0) is 17.2. The number of hydrogen-bond donors (Lipinski definition) is 0. The van der Waals surface area contributed by atoms with Gasteiger partial charge in [-0.25, -0.2) is 4.98 Å². The Balaban J connectivity index is 0.000000147. The summed E-state index contributed by atoms with van der Waals surface area (Å²) in [5.74, 6) is 1.68. The standard InChI is InChI=1S/C13H8BrNO.C7H5BrO/c14-10-5-3-4-9(8-10)13-15-11-6-1-2-7-12(11)16-13;8-6-1-2-7-5(3-6)4-9-7/h1-8H;1-3H,4H2. The Morgan fingerprint density at radius 2 is 1.68 bits per heavy atom. The lowest BCUT2D eigenvalue weighted by Gasteiger charge is -2.19. The average molecular weight is 459 g/mol. The maximum atomic E-state index is 5.68. The lowest BCUT2D eigenvalue weighted by Crippen LogP contribution is -2.08. The van der Waals surface area contributed by atoms with Gasteiger partial charge in [0.25, 0.3) is 0 Å². The molecule has 1 aliphatic heterocycles. The molecule has 5 rings (SSSR count). The van der Waals surface area contributed by atoms with Crippen molar-refractivity contribution in [3.63, 3.8) is 0 Å². The average Bonchev–Trinajstić information content (AvgIpc) is 3.03. The van der Waals surface area contributed by atoms with Gasteiger partial charge in [-0.2, -0.15) is 0 Å². The molecule has 0 N–H and O–H groups in total. The van der Waals surface area contributed by atoms with E-state index in [-0.39, 0.29) is 0 Å². The van der Waals surface area contributed by atoms with Crippen LogP contribution in [0.25, 0.3) is 22.6 Å². The van der Waals surface area contributed by atoms with Gasteiger partial charge < -0.3 is 9.15 Å². The van der Waals surface area contributed by atoms with E-state index in [9.17, 15) is 0 Å². The first-order chi connectivity index (χ1) is 12.2. The second-order valence-corrected chi connectivity index (χ2v) is 7.37. The molecule has 0 bridgehead atoms. The van der Waals surface area contributed by atoms with Crippen LogP contribution in [-0.4, -0.2) is 4.98 Å². The van der Waals surface area contributed by atoms with Crippen molar-refractivity contribution < 1.29 is 9.15 Å². The fraction of sp³-hybridized carbons (Fsp3) is 0.0500. The van der Waals surface area contributed by atoms with Gasteiger partial charge in [0.05, 0.1) is 0 Å². The van der Waals surface area contributed by atoms with E-state index in [0.717, 1.165) is 38.0 Å². The summed E-state index contributed by atoms with van der Waals surface area (Å²) in [7, 11) is 0. The third kappa shape index (κ3) is 3.62. The Morgan fingerprint density at radius 3 is 2.36 bits per heavy atom. The number of fused-ring (bicyclic) bond motifs is 2. The number of benzene rings is 3. The lowest BCUT2D eigenvalue weighted by molar-refractivity contribution is 0.243. The minimum atomic E-state index is 0.655. The van der Waals surface area contributed by atoms with Crippen molar-refractivity contribution in [3.05, 3.63) is 81.2 Å². The molecule has 2 heterocycles. The minimum absolute atomic E-state index is 0.655. The van der Waals surface area contributed by atoms with Crippen molar-refractivity contribution >= 4 is 43.0 Å². The molecule has 25 heavy (non-hydrogen) atoms. The molecule has 0 amide bonds. The highest BCUT2D eigenvalue weighted by atomic mass is 79.9. The molecule has 3 aromatic carbocycles. The third-order valence-electron chi connectivity index (χ3n) is 3.77. The highest BCUT2D eigenvalue weighted by Crippen LogP contribution is 2.31. The Morgan fingerprint density at radius 1 is 0.840 bits per heavy atom. The highest BCUT2D eigenvalue weighted by molar-refractivity contribution is 9.10. The fourth-order valence-electron chi connectivity index (χ4n) is 2.49. The largest absolute Gasteiger partial charge is 0.488 e. The first kappa shape index (κ1) is 16.4. The number of para-hydroxylation sites is 2.